The van der Waals surface area contributed by atoms with Gasteiger partial charge < -0.3 is 145 Å². The fourth-order valence-electron chi connectivity index (χ4n) is 13.7. The zero-order chi connectivity index (χ0) is 99.7. The van der Waals surface area contributed by atoms with E-state index in [1.165, 1.54) is 25.6 Å². The molecule has 16 amide bonds. The summed E-state index contributed by atoms with van der Waals surface area (Å²) in [5, 5.41) is 79.2. The Bertz CT molecular complexity index is 4650. The zero-order valence-corrected chi connectivity index (χ0v) is 78.2. The molecular weight excluding hydrogens is 1780 g/mol. The van der Waals surface area contributed by atoms with Crippen LogP contribution in [0.25, 0.3) is 21.8 Å². The fourth-order valence-corrected chi connectivity index (χ4v) is 15.1. The third kappa shape index (κ3) is 42.3. The molecular formula is C85H135N27O20S2. The van der Waals surface area contributed by atoms with Crippen molar-refractivity contribution in [2.24, 2.45) is 46.2 Å². The van der Waals surface area contributed by atoms with E-state index < -0.39 is 235 Å². The van der Waals surface area contributed by atoms with Crippen LogP contribution in [0.5, 0.6) is 0 Å². The molecule has 0 bridgehead atoms. The Morgan fingerprint density at radius 2 is 0.821 bits per heavy atom. The van der Waals surface area contributed by atoms with Gasteiger partial charge in [-0.1, -0.05) is 64.1 Å². The maximum Gasteiger partial charge on any atom is 0.322 e. The Labute approximate surface area is 784 Å². The van der Waals surface area contributed by atoms with E-state index in [0.717, 1.165) is 11.8 Å². The third-order valence-corrected chi connectivity index (χ3v) is 22.5. The number of carboxylic acids is 2. The molecule has 4 rings (SSSR count). The number of amides is 16. The molecule has 13 atom stereocenters. The topological polar surface area (TPSA) is 788 Å². The van der Waals surface area contributed by atoms with E-state index in [1.807, 2.05) is 0 Å². The van der Waals surface area contributed by atoms with Gasteiger partial charge in [0.1, 0.15) is 79.0 Å². The van der Waals surface area contributed by atoms with Crippen LogP contribution in [0.15, 0.2) is 60.9 Å². The molecule has 0 aliphatic heterocycles. The van der Waals surface area contributed by atoms with E-state index in [9.17, 15) is 72.2 Å². The number of carboxylic acid groups (broad SMARTS) is 2. The summed E-state index contributed by atoms with van der Waals surface area (Å²) in [6.45, 7) is 8.29. The predicted octanol–water partition coefficient (Wildman–Crippen LogP) is -4.89. The molecule has 0 spiro atoms. The fraction of sp³-hybridized carbons (Fsp3) is 0.576. The lowest BCUT2D eigenvalue weighted by Crippen LogP contribution is -2.61. The number of thioether (sulfide) groups is 2. The van der Waals surface area contributed by atoms with E-state index in [1.54, 1.807) is 94.9 Å². The number of unbranched alkanes of at least 4 members (excludes halogenated alkanes) is 2. The van der Waals surface area contributed by atoms with Crippen molar-refractivity contribution in [2.45, 2.75) is 236 Å². The van der Waals surface area contributed by atoms with E-state index in [4.69, 9.17) is 50.3 Å². The molecule has 134 heavy (non-hydrogen) atoms. The minimum absolute atomic E-state index is 0.000597. The first kappa shape index (κ1) is 113. The lowest BCUT2D eigenvalue weighted by Gasteiger charge is -2.29. The highest BCUT2D eigenvalue weighted by Crippen LogP contribution is 2.23. The monoisotopic (exact) mass is 1920 g/mol. The van der Waals surface area contributed by atoms with Crippen molar-refractivity contribution in [1.29, 1.82) is 10.8 Å². The highest BCUT2D eigenvalue weighted by Gasteiger charge is 2.39. The number of hydrogen-bond donors (Lipinski definition) is 29. The van der Waals surface area contributed by atoms with E-state index >= 15 is 19.2 Å². The van der Waals surface area contributed by atoms with E-state index in [0.29, 0.717) is 58.6 Å². The Kier molecular flexibility index (Phi) is 51.0. The summed E-state index contributed by atoms with van der Waals surface area (Å²) >= 11 is 2.31. The summed E-state index contributed by atoms with van der Waals surface area (Å²) in [5.74, 6) is -18.6. The van der Waals surface area contributed by atoms with Gasteiger partial charge in [-0.15, -0.1) is 11.8 Å². The van der Waals surface area contributed by atoms with Crippen molar-refractivity contribution < 1.29 is 96.5 Å². The van der Waals surface area contributed by atoms with Crippen LogP contribution in [0.4, 0.5) is 0 Å². The molecule has 0 radical (unpaired) electrons. The number of nitrogens with one attached hydrogen (secondary N) is 21. The van der Waals surface area contributed by atoms with Gasteiger partial charge in [0.2, 0.25) is 94.5 Å². The number of para-hydroxylation sites is 2. The van der Waals surface area contributed by atoms with Gasteiger partial charge in [0.15, 0.2) is 11.9 Å². The molecule has 47 nitrogen and oxygen atoms in total. The first-order valence-electron chi connectivity index (χ1n) is 44.2. The number of aromatic nitrogens is 2. The molecule has 0 fully saturated rings. The summed E-state index contributed by atoms with van der Waals surface area (Å²) in [6.07, 6.45) is 3.41. The van der Waals surface area contributed by atoms with Gasteiger partial charge in [0, 0.05) is 85.6 Å². The largest absolute Gasteiger partial charge is 0.481 e. The third-order valence-electron chi connectivity index (χ3n) is 21.0. The number of primary amides is 1. The van der Waals surface area contributed by atoms with Crippen molar-refractivity contribution in [2.75, 3.05) is 62.9 Å². The molecule has 0 aliphatic rings. The minimum atomic E-state index is -1.76. The molecule has 2 aromatic carbocycles. The molecule has 742 valence electrons. The first-order chi connectivity index (χ1) is 63.6. The van der Waals surface area contributed by atoms with Crippen LogP contribution in [0.2, 0.25) is 0 Å². The number of hydrogen-bond acceptors (Lipinski definition) is 25. The second-order valence-corrected chi connectivity index (χ2v) is 34.8. The number of fused-ring (bicyclic) bond motifs is 2. The van der Waals surface area contributed by atoms with Crippen LogP contribution in [0.1, 0.15) is 155 Å². The van der Waals surface area contributed by atoms with E-state index in [2.05, 4.69) is 100 Å². The number of benzene rings is 2. The summed E-state index contributed by atoms with van der Waals surface area (Å²) in [5.41, 5.74) is 36.6. The van der Waals surface area contributed by atoms with Crippen LogP contribution in [-0.2, 0) is 99.1 Å². The van der Waals surface area contributed by atoms with Gasteiger partial charge in [-0.05, 0) is 157 Å². The van der Waals surface area contributed by atoms with Gasteiger partial charge in [-0.25, -0.2) is 0 Å². The summed E-state index contributed by atoms with van der Waals surface area (Å²) in [7, 11) is 0. The molecule has 2 aromatic heterocycles. The average molecular weight is 1920 g/mol. The molecule has 2 heterocycles. The van der Waals surface area contributed by atoms with E-state index in [-0.39, 0.29) is 120 Å². The van der Waals surface area contributed by atoms with Crippen LogP contribution in [0, 0.1) is 22.7 Å². The summed E-state index contributed by atoms with van der Waals surface area (Å²) in [6, 6.07) is -5.46. The maximum absolute atomic E-state index is 15.4. The molecule has 35 N–H and O–H groups in total. The Balaban J connectivity index is 1.74. The number of carbonyl (C=O) groups is 18. The van der Waals surface area contributed by atoms with Crippen molar-refractivity contribution in [3.05, 3.63) is 72.1 Å². The lowest BCUT2D eigenvalue weighted by atomic mass is 10.0. The molecule has 0 saturated carbocycles. The Hall–Kier alpha value is -12.9. The summed E-state index contributed by atoms with van der Waals surface area (Å²) < 4.78 is 0. The second kappa shape index (κ2) is 60.3. The zero-order valence-electron chi connectivity index (χ0n) is 76.5. The number of aromatic amines is 2. The van der Waals surface area contributed by atoms with Gasteiger partial charge >= 0.3 is 11.9 Å². The van der Waals surface area contributed by atoms with Crippen molar-refractivity contribution in [3.8, 4) is 0 Å². The molecule has 49 heteroatoms. The van der Waals surface area contributed by atoms with Gasteiger partial charge in [-0.2, -0.15) is 11.8 Å². The van der Waals surface area contributed by atoms with Gasteiger partial charge in [0.05, 0.1) is 18.5 Å². The normalized spacial score (nSPS) is 14.1. The highest BCUT2D eigenvalue weighted by molar-refractivity contribution is 7.99. The number of carbonyl (C=O) groups excluding carboxylic acids is 16. The van der Waals surface area contributed by atoms with Crippen LogP contribution < -0.4 is 125 Å². The Morgan fingerprint density at radius 3 is 1.26 bits per heavy atom. The van der Waals surface area contributed by atoms with Crippen molar-refractivity contribution in [3.63, 3.8) is 0 Å². The van der Waals surface area contributed by atoms with Gasteiger partial charge in [-0.3, -0.25) is 97.1 Å². The number of nitrogens with two attached hydrogens (primary N) is 6. The number of aliphatic carboxylic acids is 2. The average Bonchev–Trinajstić information content (AvgIpc) is 1.67. The second-order valence-electron chi connectivity index (χ2n) is 32.8. The van der Waals surface area contributed by atoms with Crippen molar-refractivity contribution in [1.82, 2.24) is 100 Å². The predicted molar refractivity (Wildman–Crippen MR) is 502 cm³/mol. The van der Waals surface area contributed by atoms with Crippen LogP contribution in [-0.4, -0.2) is 280 Å². The van der Waals surface area contributed by atoms with Crippen LogP contribution >= 0.6 is 23.5 Å². The summed E-state index contributed by atoms with van der Waals surface area (Å²) in [4.78, 5) is 255. The number of rotatable bonds is 65. The standard InChI is InChI=1S/C85H135N27O20S2/c1-45(2)36-62(108-82(131)65(43-134-44-100-48(6)113)111-75(124)56(22-12-14-31-86)103-72(121)53(88)26-29-68(116)117)80(129)106-59(25-17-34-95-85(92)93)74(123)110-64(38-50-40-97-55-21-11-9-19-52(50)55)81(130)107-60(27-28-66(89)114)76(125)109-63(37-49-39-96-54-20-10-8-18-51(49)54)79(128)101-47(5)71(120)102-61(30-35-133-7)77(126)105-58(24-16-33-94-84(90)91)73(122)104-57(23-13-15-32-87)78(127)112-70(46(3)4)83(132)99-41-67(115)98-42-69(118)119/h8-11,18-21,39-40,45-47,53,56-65,70,96-97H,12-17,22-38,41-44,86-88H2,1-7H3,(H2,89,114)(H,98,115)(H,99,132)(H,100,113)(H,101,128)(H,102,120)(H,103,121)(H,104,122)(H,105,126)(H,106,129)(H,107,130)(H,108,131)(H,109,125)(H,110,123)(H,111,124)(H,112,127)(H,116,117)(H,118,119)(H4,90,91,94)(H4,92,93,95)/t47-,53-,56-,57-,58-,59-,60-,61-,62-,63-,64-,65-,70-/m0/s1. The quantitative estimate of drug-likeness (QED) is 0.00853. The first-order valence-corrected chi connectivity index (χ1v) is 46.7. The highest BCUT2D eigenvalue weighted by atomic mass is 32.2. The van der Waals surface area contributed by atoms with Crippen LogP contribution in [0.3, 0.4) is 0 Å². The Morgan fingerprint density at radius 1 is 0.418 bits per heavy atom. The minimum Gasteiger partial charge on any atom is -0.481 e. The maximum atomic E-state index is 15.4. The molecule has 0 unspecified atom stereocenters. The van der Waals surface area contributed by atoms with Gasteiger partial charge in [0.25, 0.3) is 0 Å². The van der Waals surface area contributed by atoms with Crippen molar-refractivity contribution >= 4 is 164 Å². The molecule has 0 saturated heterocycles. The number of H-pyrrole nitrogens is 2. The number of guanidine groups is 2. The molecule has 0 aliphatic carbocycles. The lowest BCUT2D eigenvalue weighted by molar-refractivity contribution is -0.138. The smallest absolute Gasteiger partial charge is 0.322 e. The SMILES string of the molecule is CSCC[C@H](NC(=O)[C@H](C)NC(=O)[C@H](Cc1c[nH]c2ccccc12)NC(=O)[C@H](CCC(N)=O)NC(=O)[C@H](Cc1c[nH]c2ccccc12)NC(=O)[C@H](CCCNC(=N)N)NC(=O)[C@H](CC(C)C)NC(=O)[C@H](CSCNC(C)=O)NC(=O)[C@H](CCCCN)NC(=O)[C@@H](N)CCC(=O)O)C(=O)N[C@@H](CCCNC(=N)N)C(=O)N[C@@H](CCCCN)C(=O)N[C@H](C(=O)NCC(=O)NCC(=O)O)C(C)C. The molecule has 4 aromatic rings.